The molecule has 0 heterocycles. The van der Waals surface area contributed by atoms with Gasteiger partial charge in [0.25, 0.3) is 0 Å². The lowest BCUT2D eigenvalue weighted by Gasteiger charge is -2.40. The summed E-state index contributed by atoms with van der Waals surface area (Å²) in [6.07, 6.45) is 1.54. The minimum Gasteiger partial charge on any atom is -0.347 e. The smallest absolute Gasteiger partial charge is 0.245 e. The lowest BCUT2D eigenvalue weighted by Crippen LogP contribution is -2.55. The first-order valence-electron chi connectivity index (χ1n) is 7.99. The number of hydrogen-bond acceptors (Lipinski definition) is 4. The van der Waals surface area contributed by atoms with Gasteiger partial charge in [-0.2, -0.15) is 0 Å². The average Bonchev–Trinajstić information content (AvgIpc) is 2.46. The van der Waals surface area contributed by atoms with E-state index < -0.39 is 17.4 Å². The van der Waals surface area contributed by atoms with E-state index in [1.807, 2.05) is 27.7 Å². The molecule has 134 valence electrons. The summed E-state index contributed by atoms with van der Waals surface area (Å²) in [5, 5.41) is 8.54. The van der Waals surface area contributed by atoms with Crippen LogP contribution in [0.1, 0.15) is 53.4 Å². The summed E-state index contributed by atoms with van der Waals surface area (Å²) in [5.74, 6) is -0.995. The Kier molecular flexibility index (Phi) is 8.82. The highest BCUT2D eigenvalue weighted by atomic mass is 16.5. The number of hydroxylamine groups is 1. The van der Waals surface area contributed by atoms with Crippen LogP contribution < -0.4 is 5.48 Å². The van der Waals surface area contributed by atoms with Crippen LogP contribution in [-0.4, -0.2) is 59.4 Å². The van der Waals surface area contributed by atoms with Crippen LogP contribution in [0, 0.1) is 5.41 Å². The van der Waals surface area contributed by atoms with Gasteiger partial charge in [-0.1, -0.05) is 34.1 Å². The second-order valence-electron chi connectivity index (χ2n) is 6.98. The predicted molar refractivity (Wildman–Crippen MR) is 87.7 cm³/mol. The Labute approximate surface area is 139 Å². The zero-order chi connectivity index (χ0) is 18.2. The molecule has 7 heteroatoms. The molecule has 0 aliphatic rings. The fraction of sp³-hybridized carbons (Fsp3) is 0.812. The van der Waals surface area contributed by atoms with Crippen LogP contribution in [0.15, 0.2) is 0 Å². The van der Waals surface area contributed by atoms with E-state index in [1.54, 1.807) is 19.0 Å². The zero-order valence-electron chi connectivity index (χ0n) is 15.2. The molecule has 0 aliphatic heterocycles. The van der Waals surface area contributed by atoms with Gasteiger partial charge in [0.15, 0.2) is 0 Å². The maximum Gasteiger partial charge on any atom is 0.245 e. The van der Waals surface area contributed by atoms with Gasteiger partial charge in [0.05, 0.1) is 0 Å². The first-order chi connectivity index (χ1) is 10.6. The maximum atomic E-state index is 12.6. The molecule has 23 heavy (non-hydrogen) atoms. The van der Waals surface area contributed by atoms with Gasteiger partial charge in [-0.15, -0.1) is 0 Å². The van der Waals surface area contributed by atoms with Gasteiger partial charge in [0.1, 0.15) is 6.04 Å². The summed E-state index contributed by atoms with van der Waals surface area (Å²) in [6.45, 7) is 8.25. The molecule has 3 amide bonds. The first-order valence-corrected chi connectivity index (χ1v) is 7.99. The monoisotopic (exact) mass is 329 g/mol. The van der Waals surface area contributed by atoms with E-state index in [0.717, 1.165) is 12.8 Å². The van der Waals surface area contributed by atoms with Crippen molar-refractivity contribution in [3.63, 3.8) is 0 Å². The quantitative estimate of drug-likeness (QED) is 0.520. The molecular weight excluding hydrogens is 298 g/mol. The Hall–Kier alpha value is -1.63. The van der Waals surface area contributed by atoms with Gasteiger partial charge in [-0.3, -0.25) is 19.6 Å². The fourth-order valence-electron chi connectivity index (χ4n) is 2.36. The molecule has 0 fully saturated rings. The van der Waals surface area contributed by atoms with Crippen molar-refractivity contribution >= 4 is 17.7 Å². The van der Waals surface area contributed by atoms with Gasteiger partial charge in [-0.25, -0.2) is 5.48 Å². The lowest BCUT2D eigenvalue weighted by molar-refractivity contribution is -0.149. The summed E-state index contributed by atoms with van der Waals surface area (Å²) in [4.78, 5) is 39.4. The van der Waals surface area contributed by atoms with Crippen molar-refractivity contribution in [3.8, 4) is 0 Å². The molecule has 0 radical (unpaired) electrons. The second-order valence-corrected chi connectivity index (χ2v) is 6.98. The van der Waals surface area contributed by atoms with Crippen molar-refractivity contribution in [2.75, 3.05) is 20.6 Å². The van der Waals surface area contributed by atoms with Crippen molar-refractivity contribution in [2.24, 2.45) is 5.41 Å². The molecule has 0 unspecified atom stereocenters. The van der Waals surface area contributed by atoms with Crippen molar-refractivity contribution in [1.82, 2.24) is 15.3 Å². The Bertz CT molecular complexity index is 416. The summed E-state index contributed by atoms with van der Waals surface area (Å²) >= 11 is 0. The third-order valence-corrected chi connectivity index (χ3v) is 3.57. The Morgan fingerprint density at radius 2 is 1.70 bits per heavy atom. The Balaban J connectivity index is 5.39. The van der Waals surface area contributed by atoms with Crippen molar-refractivity contribution in [3.05, 3.63) is 0 Å². The SMILES string of the molecule is CCCCN(C(=O)CCC(=O)NO)[C@H](C(=O)N(C)C)C(C)(C)C. The minimum absolute atomic E-state index is 0.0383. The third-order valence-electron chi connectivity index (χ3n) is 3.57. The minimum atomic E-state index is -0.611. The van der Waals surface area contributed by atoms with Crippen LogP contribution in [0.25, 0.3) is 0 Å². The zero-order valence-corrected chi connectivity index (χ0v) is 15.2. The fourth-order valence-corrected chi connectivity index (χ4v) is 2.36. The molecule has 1 atom stereocenters. The van der Waals surface area contributed by atoms with E-state index in [2.05, 4.69) is 0 Å². The molecule has 0 aromatic rings. The number of carbonyl (C=O) groups is 3. The molecule has 0 spiro atoms. The summed E-state index contributed by atoms with van der Waals surface area (Å²) < 4.78 is 0. The number of hydrogen-bond donors (Lipinski definition) is 2. The largest absolute Gasteiger partial charge is 0.347 e. The van der Waals surface area contributed by atoms with Crippen LogP contribution in [0.5, 0.6) is 0 Å². The van der Waals surface area contributed by atoms with Gasteiger partial charge < -0.3 is 9.80 Å². The third kappa shape index (κ3) is 6.99. The van der Waals surface area contributed by atoms with Crippen molar-refractivity contribution < 1.29 is 19.6 Å². The molecule has 0 aromatic heterocycles. The van der Waals surface area contributed by atoms with Gasteiger partial charge in [0.2, 0.25) is 17.7 Å². The van der Waals surface area contributed by atoms with E-state index in [-0.39, 0.29) is 24.7 Å². The molecule has 0 saturated heterocycles. The van der Waals surface area contributed by atoms with E-state index in [4.69, 9.17) is 5.21 Å². The molecule has 0 saturated carbocycles. The highest BCUT2D eigenvalue weighted by Crippen LogP contribution is 2.27. The number of rotatable bonds is 8. The average molecular weight is 329 g/mol. The van der Waals surface area contributed by atoms with Crippen LogP contribution in [-0.2, 0) is 14.4 Å². The highest BCUT2D eigenvalue weighted by molar-refractivity contribution is 5.89. The number of likely N-dealkylation sites (N-methyl/N-ethyl adjacent to an activating group) is 1. The number of amides is 3. The Morgan fingerprint density at radius 1 is 1.13 bits per heavy atom. The number of nitrogens with one attached hydrogen (secondary N) is 1. The van der Waals surface area contributed by atoms with E-state index in [1.165, 1.54) is 10.4 Å². The van der Waals surface area contributed by atoms with E-state index in [9.17, 15) is 14.4 Å². The molecular formula is C16H31N3O4. The number of carbonyl (C=O) groups excluding carboxylic acids is 3. The molecule has 0 bridgehead atoms. The van der Waals surface area contributed by atoms with E-state index in [0.29, 0.717) is 6.54 Å². The van der Waals surface area contributed by atoms with Crippen LogP contribution in [0.2, 0.25) is 0 Å². The number of nitrogens with zero attached hydrogens (tertiary/aromatic N) is 2. The molecule has 0 aliphatic carbocycles. The van der Waals surface area contributed by atoms with Gasteiger partial charge in [0, 0.05) is 33.5 Å². The Morgan fingerprint density at radius 3 is 2.09 bits per heavy atom. The maximum absolute atomic E-state index is 12.6. The number of unbranched alkanes of at least 4 members (excludes halogenated alkanes) is 1. The summed E-state index contributed by atoms with van der Waals surface area (Å²) in [7, 11) is 3.34. The van der Waals surface area contributed by atoms with E-state index >= 15 is 0 Å². The van der Waals surface area contributed by atoms with Crippen LogP contribution in [0.3, 0.4) is 0 Å². The van der Waals surface area contributed by atoms with Crippen LogP contribution >= 0.6 is 0 Å². The first kappa shape index (κ1) is 21.4. The van der Waals surface area contributed by atoms with Crippen molar-refractivity contribution in [1.29, 1.82) is 0 Å². The molecule has 2 N–H and O–H groups in total. The highest BCUT2D eigenvalue weighted by Gasteiger charge is 2.39. The molecule has 0 rings (SSSR count). The predicted octanol–water partition coefficient (Wildman–Crippen LogP) is 1.40. The summed E-state index contributed by atoms with van der Waals surface area (Å²) in [6, 6.07) is -0.589. The molecule has 7 nitrogen and oxygen atoms in total. The normalized spacial score (nSPS) is 12.5. The van der Waals surface area contributed by atoms with Gasteiger partial charge in [-0.05, 0) is 11.8 Å². The van der Waals surface area contributed by atoms with Gasteiger partial charge >= 0.3 is 0 Å². The lowest BCUT2D eigenvalue weighted by atomic mass is 9.84. The standard InChI is InChI=1S/C16H31N3O4/c1-7-8-11-19(13(21)10-9-12(20)17-23)14(16(2,3)4)15(22)18(5)6/h14,23H,7-11H2,1-6H3,(H,17,20)/t14-/m1/s1. The van der Waals surface area contributed by atoms with Crippen molar-refractivity contribution in [2.45, 2.75) is 59.4 Å². The van der Waals surface area contributed by atoms with Crippen LogP contribution in [0.4, 0.5) is 0 Å². The topological polar surface area (TPSA) is 90.0 Å². The molecule has 0 aromatic carbocycles. The second kappa shape index (κ2) is 9.50. The summed E-state index contributed by atoms with van der Waals surface area (Å²) in [5.41, 5.74) is 1.09.